The summed E-state index contributed by atoms with van der Waals surface area (Å²) in [5.74, 6) is 0. The molecule has 0 bridgehead atoms. The van der Waals surface area contributed by atoms with Crippen molar-refractivity contribution in [1.29, 1.82) is 0 Å². The Hall–Kier alpha value is -2.46. The van der Waals surface area contributed by atoms with Crippen molar-refractivity contribution in [3.05, 3.63) is 121 Å². The highest BCUT2D eigenvalue weighted by atomic mass is 31.2. The topological polar surface area (TPSA) is 12.4 Å². The maximum atomic E-state index is 5.95. The van der Waals surface area contributed by atoms with Crippen molar-refractivity contribution in [3.63, 3.8) is 0 Å². The third-order valence-electron chi connectivity index (χ3n) is 5.79. The Kier molecular flexibility index (Phi) is 4.96. The highest BCUT2D eigenvalue weighted by Crippen LogP contribution is 2.73. The molecule has 0 fully saturated rings. The van der Waals surface area contributed by atoms with E-state index in [2.05, 4.69) is 121 Å². The Balaban J connectivity index is 1.84. The zero-order valence-corrected chi connectivity index (χ0v) is 18.1. The number of hydrogen-bond acceptors (Lipinski definition) is 1. The fraction of sp³-hybridized carbons (Fsp3) is 0.0769. The molecule has 3 heteroatoms. The summed E-state index contributed by atoms with van der Waals surface area (Å²) in [6, 6.07) is 44.1. The van der Waals surface area contributed by atoms with Gasteiger partial charge < -0.3 is 0 Å². The molecule has 4 aromatic rings. The third-order valence-corrected chi connectivity index (χ3v) is 14.9. The Morgan fingerprint density at radius 1 is 0.517 bits per heavy atom. The molecule has 0 aliphatic carbocycles. The summed E-state index contributed by atoms with van der Waals surface area (Å²) in [7, 11) is -3.66. The number of benzene rings is 4. The Morgan fingerprint density at radius 3 is 1.31 bits per heavy atom. The van der Waals surface area contributed by atoms with Gasteiger partial charge in [-0.3, -0.25) is 0 Å². The van der Waals surface area contributed by atoms with Gasteiger partial charge in [-0.05, 0) is 34.9 Å². The summed E-state index contributed by atoms with van der Waals surface area (Å²) >= 11 is 0. The van der Waals surface area contributed by atoms with Crippen molar-refractivity contribution in [3.8, 4) is 0 Å². The monoisotopic (exact) mass is 412 g/mol. The first kappa shape index (κ1) is 18.6. The lowest BCUT2D eigenvalue weighted by molar-refractivity contribution is 1.50. The van der Waals surface area contributed by atoms with E-state index < -0.39 is 14.5 Å². The average molecular weight is 412 g/mol. The van der Waals surface area contributed by atoms with Gasteiger partial charge in [-0.1, -0.05) is 97.1 Å². The summed E-state index contributed by atoms with van der Waals surface area (Å²) < 4.78 is 5.95. The molecule has 0 radical (unpaired) electrons. The van der Waals surface area contributed by atoms with Crippen LogP contribution >= 0.6 is 14.5 Å². The minimum Gasteiger partial charge on any atom is -0.131 e. The Morgan fingerprint density at radius 2 is 0.897 bits per heavy atom. The Bertz CT molecular complexity index is 1060. The van der Waals surface area contributed by atoms with Gasteiger partial charge in [0.05, 0.1) is 13.2 Å². The van der Waals surface area contributed by atoms with Gasteiger partial charge in [0.15, 0.2) is 7.41 Å². The van der Waals surface area contributed by atoms with E-state index in [1.54, 1.807) is 0 Å². The number of hydrogen-bond donors (Lipinski definition) is 0. The van der Waals surface area contributed by atoms with Crippen LogP contribution in [0.1, 0.15) is 0 Å². The fourth-order valence-electron chi connectivity index (χ4n) is 4.36. The average Bonchev–Trinajstić information content (AvgIpc) is 3.25. The number of nitrogens with zero attached hydrogens (tertiary/aromatic N) is 1. The van der Waals surface area contributed by atoms with Crippen molar-refractivity contribution in [2.45, 2.75) is 0 Å². The molecule has 142 valence electrons. The molecule has 1 aliphatic heterocycles. The minimum absolute atomic E-state index is 1.14. The van der Waals surface area contributed by atoms with Crippen LogP contribution in [0.4, 0.5) is 0 Å². The number of rotatable bonds is 4. The first-order valence-corrected chi connectivity index (χ1v) is 13.9. The molecule has 0 aromatic heterocycles. The van der Waals surface area contributed by atoms with E-state index >= 15 is 0 Å². The second-order valence-corrected chi connectivity index (χ2v) is 14.2. The SMILES string of the molecule is c1ccc(P2(c3ccccc3)=N[P+](c3ccccc3)(c3ccccc3)CC2)cc1. The molecule has 29 heavy (non-hydrogen) atoms. The molecule has 0 saturated heterocycles. The fourth-order valence-corrected chi connectivity index (χ4v) is 15.4. The van der Waals surface area contributed by atoms with Gasteiger partial charge in [-0.2, -0.15) is 0 Å². The largest absolute Gasteiger partial charge is 0.196 e. The predicted octanol–water partition coefficient (Wildman–Crippen LogP) is 5.44. The van der Waals surface area contributed by atoms with Crippen LogP contribution in [0.2, 0.25) is 0 Å². The van der Waals surface area contributed by atoms with Crippen molar-refractivity contribution >= 4 is 35.7 Å². The maximum absolute atomic E-state index is 5.95. The summed E-state index contributed by atoms with van der Waals surface area (Å²) in [5, 5.41) is 5.61. The van der Waals surface area contributed by atoms with Crippen LogP contribution in [-0.4, -0.2) is 12.3 Å². The second-order valence-electron chi connectivity index (χ2n) is 7.42. The highest BCUT2D eigenvalue weighted by Gasteiger charge is 2.52. The standard InChI is InChI=1S/C26H24NP2/c1-5-13-23(14-6-1)28(24-15-7-2-8-16-24)21-22-29(27-28,25-17-9-3-10-18-25)26-19-11-4-12-20-26/h1-20H,21-22H2/q+1. The van der Waals surface area contributed by atoms with Crippen LogP contribution in [0.15, 0.2) is 126 Å². The normalized spacial score (nSPS) is 16.8. The summed E-state index contributed by atoms with van der Waals surface area (Å²) in [5.41, 5.74) is 0. The zero-order valence-electron chi connectivity index (χ0n) is 16.3. The van der Waals surface area contributed by atoms with Crippen molar-refractivity contribution in [1.82, 2.24) is 0 Å². The van der Waals surface area contributed by atoms with E-state index in [0.717, 1.165) is 12.3 Å². The lowest BCUT2D eigenvalue weighted by atomic mass is 10.4. The first-order valence-electron chi connectivity index (χ1n) is 10.1. The molecular formula is C26H24NP2+. The van der Waals surface area contributed by atoms with Gasteiger partial charge in [0, 0.05) is 6.16 Å². The molecule has 0 N–H and O–H groups in total. The van der Waals surface area contributed by atoms with Crippen LogP contribution in [0.25, 0.3) is 0 Å². The lowest BCUT2D eigenvalue weighted by Crippen LogP contribution is -2.21. The van der Waals surface area contributed by atoms with E-state index in [0.29, 0.717) is 0 Å². The lowest BCUT2D eigenvalue weighted by Gasteiger charge is -2.21. The molecule has 0 spiro atoms. The smallest absolute Gasteiger partial charge is 0.131 e. The van der Waals surface area contributed by atoms with E-state index in [1.807, 2.05) is 0 Å². The van der Waals surface area contributed by atoms with Gasteiger partial charge >= 0.3 is 0 Å². The molecule has 1 heterocycles. The van der Waals surface area contributed by atoms with Gasteiger partial charge in [0.2, 0.25) is 0 Å². The van der Waals surface area contributed by atoms with Crippen molar-refractivity contribution < 1.29 is 0 Å². The Labute approximate surface area is 173 Å². The van der Waals surface area contributed by atoms with Gasteiger partial charge in [-0.15, -0.1) is 4.52 Å². The van der Waals surface area contributed by atoms with E-state index in [4.69, 9.17) is 4.52 Å². The summed E-state index contributed by atoms with van der Waals surface area (Å²) in [4.78, 5) is 0. The van der Waals surface area contributed by atoms with Gasteiger partial charge in [0.1, 0.15) is 10.6 Å². The van der Waals surface area contributed by atoms with Gasteiger partial charge in [0.25, 0.3) is 0 Å². The van der Waals surface area contributed by atoms with Crippen molar-refractivity contribution in [2.24, 2.45) is 4.52 Å². The third kappa shape index (κ3) is 3.20. The van der Waals surface area contributed by atoms with Crippen LogP contribution in [-0.2, 0) is 0 Å². The highest BCUT2D eigenvalue weighted by molar-refractivity contribution is 7.98. The molecule has 5 rings (SSSR count). The minimum atomic E-state index is -1.83. The van der Waals surface area contributed by atoms with E-state index in [9.17, 15) is 0 Å². The molecule has 1 nitrogen and oxygen atoms in total. The van der Waals surface area contributed by atoms with Crippen LogP contribution < -0.4 is 21.2 Å². The molecule has 4 aromatic carbocycles. The van der Waals surface area contributed by atoms with E-state index in [1.165, 1.54) is 21.2 Å². The van der Waals surface area contributed by atoms with Crippen LogP contribution in [0.3, 0.4) is 0 Å². The maximum Gasteiger partial charge on any atom is 0.196 e. The predicted molar refractivity (Wildman–Crippen MR) is 130 cm³/mol. The zero-order chi connectivity index (χ0) is 19.6. The van der Waals surface area contributed by atoms with Crippen LogP contribution in [0, 0.1) is 0 Å². The quantitative estimate of drug-likeness (QED) is 0.396. The molecule has 1 aliphatic rings. The van der Waals surface area contributed by atoms with Crippen molar-refractivity contribution in [2.75, 3.05) is 12.3 Å². The van der Waals surface area contributed by atoms with Crippen LogP contribution in [0.5, 0.6) is 0 Å². The van der Waals surface area contributed by atoms with E-state index in [-0.39, 0.29) is 0 Å². The van der Waals surface area contributed by atoms with Gasteiger partial charge in [-0.25, -0.2) is 0 Å². The summed E-state index contributed by atoms with van der Waals surface area (Å²) in [6.07, 6.45) is 2.27. The molecule has 0 amide bonds. The molecular weight excluding hydrogens is 388 g/mol. The molecule has 0 saturated carbocycles. The molecule has 0 unspecified atom stereocenters. The molecule has 0 atom stereocenters. The first-order chi connectivity index (χ1) is 14.3. The second kappa shape index (κ2) is 7.75. The summed E-state index contributed by atoms with van der Waals surface area (Å²) in [6.45, 7) is 0.